The minimum Gasteiger partial charge on any atom is -0.391 e. The summed E-state index contributed by atoms with van der Waals surface area (Å²) >= 11 is 5.84. The molecule has 0 aliphatic heterocycles. The smallest absolute Gasteiger partial charge is 0.251 e. The van der Waals surface area contributed by atoms with Gasteiger partial charge in [0.2, 0.25) is 0 Å². The number of aliphatic hydroxyl groups excluding tert-OH is 1. The first kappa shape index (κ1) is 14.9. The summed E-state index contributed by atoms with van der Waals surface area (Å²) in [6.07, 6.45) is 1.79. The van der Waals surface area contributed by atoms with Crippen molar-refractivity contribution in [2.45, 2.75) is 39.2 Å². The van der Waals surface area contributed by atoms with Crippen LogP contribution in [0.15, 0.2) is 12.1 Å². The third-order valence-corrected chi connectivity index (χ3v) is 2.79. The van der Waals surface area contributed by atoms with Gasteiger partial charge in [0.15, 0.2) is 0 Å². The van der Waals surface area contributed by atoms with Gasteiger partial charge in [-0.15, -0.1) is 0 Å². The van der Waals surface area contributed by atoms with E-state index >= 15 is 0 Å². The summed E-state index contributed by atoms with van der Waals surface area (Å²) in [6, 6.07) is 3.25. The fourth-order valence-corrected chi connectivity index (χ4v) is 1.84. The second kappa shape index (κ2) is 7.34. The van der Waals surface area contributed by atoms with Crippen molar-refractivity contribution in [1.82, 2.24) is 10.3 Å². The van der Waals surface area contributed by atoms with Crippen LogP contribution in [0.1, 0.15) is 42.7 Å². The summed E-state index contributed by atoms with van der Waals surface area (Å²) in [4.78, 5) is 16.0. The molecule has 18 heavy (non-hydrogen) atoms. The molecule has 100 valence electrons. The Morgan fingerprint density at radius 2 is 2.22 bits per heavy atom. The van der Waals surface area contributed by atoms with Crippen LogP contribution in [0.5, 0.6) is 0 Å². The summed E-state index contributed by atoms with van der Waals surface area (Å²) in [5.74, 6) is -0.232. The van der Waals surface area contributed by atoms with E-state index in [2.05, 4.69) is 10.3 Å². The molecule has 1 aromatic rings. The second-order valence-electron chi connectivity index (χ2n) is 4.18. The first-order chi connectivity index (χ1) is 8.56. The number of aromatic nitrogens is 1. The lowest BCUT2D eigenvalue weighted by Crippen LogP contribution is -2.32. The molecule has 0 fully saturated rings. The monoisotopic (exact) mass is 270 g/mol. The number of halogens is 1. The highest BCUT2D eigenvalue weighted by Crippen LogP contribution is 2.11. The van der Waals surface area contributed by atoms with E-state index in [0.717, 1.165) is 18.5 Å². The number of hydrogen-bond acceptors (Lipinski definition) is 3. The maximum Gasteiger partial charge on any atom is 0.251 e. The summed E-state index contributed by atoms with van der Waals surface area (Å²) in [6.45, 7) is 4.20. The predicted molar refractivity (Wildman–Crippen MR) is 71.9 cm³/mol. The van der Waals surface area contributed by atoms with Gasteiger partial charge >= 0.3 is 0 Å². The van der Waals surface area contributed by atoms with Gasteiger partial charge in [-0.1, -0.05) is 31.9 Å². The van der Waals surface area contributed by atoms with E-state index in [1.54, 1.807) is 6.07 Å². The summed E-state index contributed by atoms with van der Waals surface area (Å²) in [7, 11) is 0. The lowest BCUT2D eigenvalue weighted by Gasteiger charge is -2.11. The Morgan fingerprint density at radius 1 is 1.50 bits per heavy atom. The predicted octanol–water partition coefficient (Wildman–Crippen LogP) is 2.19. The molecular formula is C13H19ClN2O2. The van der Waals surface area contributed by atoms with Crippen LogP contribution in [0, 0.1) is 0 Å². The third-order valence-electron chi connectivity index (χ3n) is 2.59. The normalized spacial score (nSPS) is 12.2. The number of pyridine rings is 1. The molecule has 0 spiro atoms. The van der Waals surface area contributed by atoms with E-state index in [9.17, 15) is 9.90 Å². The van der Waals surface area contributed by atoms with Crippen LogP contribution in [-0.2, 0) is 6.42 Å². The number of carbonyl (C=O) groups is 1. The fraction of sp³-hybridized carbons (Fsp3) is 0.538. The molecule has 0 saturated carbocycles. The van der Waals surface area contributed by atoms with Crippen LogP contribution in [0.3, 0.4) is 0 Å². The Morgan fingerprint density at radius 3 is 2.83 bits per heavy atom. The number of nitrogens with zero attached hydrogens (tertiary/aromatic N) is 1. The van der Waals surface area contributed by atoms with Crippen molar-refractivity contribution in [3.05, 3.63) is 28.5 Å². The van der Waals surface area contributed by atoms with E-state index in [-0.39, 0.29) is 12.5 Å². The van der Waals surface area contributed by atoms with E-state index in [1.165, 1.54) is 6.07 Å². The zero-order valence-corrected chi connectivity index (χ0v) is 11.5. The summed E-state index contributed by atoms with van der Waals surface area (Å²) in [5, 5.41) is 12.5. The van der Waals surface area contributed by atoms with E-state index < -0.39 is 6.10 Å². The van der Waals surface area contributed by atoms with Crippen molar-refractivity contribution >= 4 is 17.5 Å². The summed E-state index contributed by atoms with van der Waals surface area (Å²) < 4.78 is 0. The number of amides is 1. The first-order valence-electron chi connectivity index (χ1n) is 6.19. The molecule has 1 atom stereocenters. The van der Waals surface area contributed by atoms with Gasteiger partial charge in [0.1, 0.15) is 5.15 Å². The van der Waals surface area contributed by atoms with Gasteiger partial charge in [0, 0.05) is 17.8 Å². The van der Waals surface area contributed by atoms with Gasteiger partial charge in [-0.2, -0.15) is 0 Å². The van der Waals surface area contributed by atoms with Crippen LogP contribution in [0.2, 0.25) is 5.15 Å². The largest absolute Gasteiger partial charge is 0.391 e. The number of carbonyl (C=O) groups excluding carboxylic acids is 1. The lowest BCUT2D eigenvalue weighted by atomic mass is 10.1. The van der Waals surface area contributed by atoms with Gasteiger partial charge in [0.25, 0.3) is 5.91 Å². The zero-order chi connectivity index (χ0) is 13.5. The molecule has 1 amide bonds. The standard InChI is InChI=1S/C13H19ClN2O2/c1-3-5-11(17)8-15-13(18)9-6-10(4-2)16-12(14)7-9/h6-7,11,17H,3-5,8H2,1-2H3,(H,15,18). The van der Waals surface area contributed by atoms with E-state index in [1.807, 2.05) is 13.8 Å². The maximum absolute atomic E-state index is 11.9. The highest BCUT2D eigenvalue weighted by atomic mass is 35.5. The SMILES string of the molecule is CCCC(O)CNC(=O)c1cc(Cl)nc(CC)c1. The van der Waals surface area contributed by atoms with Gasteiger partial charge in [-0.25, -0.2) is 4.98 Å². The van der Waals surface area contributed by atoms with Crippen LogP contribution in [0.25, 0.3) is 0 Å². The van der Waals surface area contributed by atoms with Crippen molar-refractivity contribution < 1.29 is 9.90 Å². The topological polar surface area (TPSA) is 62.2 Å². The van der Waals surface area contributed by atoms with Crippen molar-refractivity contribution in [1.29, 1.82) is 0 Å². The third kappa shape index (κ3) is 4.63. The van der Waals surface area contributed by atoms with Crippen molar-refractivity contribution in [2.24, 2.45) is 0 Å². The van der Waals surface area contributed by atoms with Gasteiger partial charge in [-0.3, -0.25) is 4.79 Å². The number of rotatable bonds is 6. The molecular weight excluding hydrogens is 252 g/mol. The molecule has 1 heterocycles. The average Bonchev–Trinajstić information content (AvgIpc) is 2.35. The molecule has 4 nitrogen and oxygen atoms in total. The van der Waals surface area contributed by atoms with Gasteiger partial charge in [-0.05, 0) is 25.0 Å². The van der Waals surface area contributed by atoms with Crippen molar-refractivity contribution in [3.8, 4) is 0 Å². The van der Waals surface area contributed by atoms with E-state index in [0.29, 0.717) is 17.1 Å². The van der Waals surface area contributed by atoms with Crippen LogP contribution in [0.4, 0.5) is 0 Å². The van der Waals surface area contributed by atoms with Crippen LogP contribution in [-0.4, -0.2) is 28.6 Å². The Balaban J connectivity index is 2.63. The first-order valence-corrected chi connectivity index (χ1v) is 6.57. The number of hydrogen-bond donors (Lipinski definition) is 2. The maximum atomic E-state index is 11.9. The second-order valence-corrected chi connectivity index (χ2v) is 4.56. The molecule has 2 N–H and O–H groups in total. The highest BCUT2D eigenvalue weighted by molar-refractivity contribution is 6.29. The minimum absolute atomic E-state index is 0.232. The van der Waals surface area contributed by atoms with Gasteiger partial charge < -0.3 is 10.4 Å². The number of aliphatic hydroxyl groups is 1. The summed E-state index contributed by atoms with van der Waals surface area (Å²) in [5.41, 5.74) is 1.26. The minimum atomic E-state index is -0.498. The average molecular weight is 271 g/mol. The molecule has 1 rings (SSSR count). The van der Waals surface area contributed by atoms with Crippen molar-refractivity contribution in [3.63, 3.8) is 0 Å². The molecule has 1 aromatic heterocycles. The highest BCUT2D eigenvalue weighted by Gasteiger charge is 2.10. The van der Waals surface area contributed by atoms with Crippen molar-refractivity contribution in [2.75, 3.05) is 6.54 Å². The lowest BCUT2D eigenvalue weighted by molar-refractivity contribution is 0.0910. The molecule has 1 unspecified atom stereocenters. The molecule has 0 aliphatic carbocycles. The van der Waals surface area contributed by atoms with E-state index in [4.69, 9.17) is 11.6 Å². The molecule has 0 bridgehead atoms. The van der Waals surface area contributed by atoms with Crippen LogP contribution < -0.4 is 5.32 Å². The quantitative estimate of drug-likeness (QED) is 0.779. The molecule has 0 aromatic carbocycles. The Bertz CT molecular complexity index is 410. The molecule has 0 radical (unpaired) electrons. The molecule has 5 heteroatoms. The zero-order valence-electron chi connectivity index (χ0n) is 10.7. The van der Waals surface area contributed by atoms with Gasteiger partial charge in [0.05, 0.1) is 6.10 Å². The number of nitrogens with one attached hydrogen (secondary N) is 1. The molecule has 0 aliphatic rings. The number of aryl methyl sites for hydroxylation is 1. The Kier molecular flexibility index (Phi) is 6.09. The molecule has 0 saturated heterocycles. The Labute approximate surface area is 112 Å². The Hall–Kier alpha value is -1.13. The van der Waals surface area contributed by atoms with Crippen LogP contribution >= 0.6 is 11.6 Å². The fourth-order valence-electron chi connectivity index (χ4n) is 1.61.